The van der Waals surface area contributed by atoms with E-state index in [4.69, 9.17) is 5.11 Å². The molecule has 0 radical (unpaired) electrons. The van der Waals surface area contributed by atoms with E-state index in [0.717, 1.165) is 39.3 Å². The third-order valence-electron chi connectivity index (χ3n) is 2.84. The molecule has 0 spiro atoms. The molecule has 1 rings (SSSR count). The number of nitrogens with one attached hydrogen (secondary N) is 1. The topological polar surface area (TPSA) is 55.8 Å². The van der Waals surface area contributed by atoms with E-state index in [0.29, 0.717) is 0 Å². The van der Waals surface area contributed by atoms with Crippen molar-refractivity contribution < 1.29 is 9.90 Å². The predicted octanol–water partition coefficient (Wildman–Crippen LogP) is -0.703. The third-order valence-corrected chi connectivity index (χ3v) is 2.84. The Morgan fingerprint density at radius 2 is 2.00 bits per heavy atom. The number of piperazine rings is 1. The molecular weight excluding hydrogens is 194 g/mol. The summed E-state index contributed by atoms with van der Waals surface area (Å²) in [5.41, 5.74) is 0. The van der Waals surface area contributed by atoms with Crippen molar-refractivity contribution in [1.29, 1.82) is 0 Å². The second-order valence-corrected chi connectivity index (χ2v) is 4.16. The first-order chi connectivity index (χ1) is 7.09. The SMILES string of the molecule is C[C@@H](NCCN1CCN(C)CC1)C(=O)O. The molecule has 1 fully saturated rings. The molecule has 5 heteroatoms. The highest BCUT2D eigenvalue weighted by atomic mass is 16.4. The van der Waals surface area contributed by atoms with Gasteiger partial charge in [-0.05, 0) is 14.0 Å². The van der Waals surface area contributed by atoms with Crippen LogP contribution >= 0.6 is 0 Å². The van der Waals surface area contributed by atoms with E-state index < -0.39 is 12.0 Å². The van der Waals surface area contributed by atoms with Crippen molar-refractivity contribution in [2.75, 3.05) is 46.3 Å². The van der Waals surface area contributed by atoms with Crippen molar-refractivity contribution in [3.63, 3.8) is 0 Å². The quantitative estimate of drug-likeness (QED) is 0.635. The fourth-order valence-corrected chi connectivity index (χ4v) is 1.60. The summed E-state index contributed by atoms with van der Waals surface area (Å²) in [5.74, 6) is -0.784. The molecule has 5 nitrogen and oxygen atoms in total. The molecule has 0 unspecified atom stereocenters. The Hall–Kier alpha value is -0.650. The summed E-state index contributed by atoms with van der Waals surface area (Å²) in [4.78, 5) is 15.2. The van der Waals surface area contributed by atoms with Crippen LogP contribution in [-0.4, -0.2) is 73.2 Å². The van der Waals surface area contributed by atoms with Crippen LogP contribution in [0, 0.1) is 0 Å². The van der Waals surface area contributed by atoms with Gasteiger partial charge < -0.3 is 15.3 Å². The fraction of sp³-hybridized carbons (Fsp3) is 0.900. The van der Waals surface area contributed by atoms with Gasteiger partial charge in [0.25, 0.3) is 0 Å². The fourth-order valence-electron chi connectivity index (χ4n) is 1.60. The van der Waals surface area contributed by atoms with Crippen molar-refractivity contribution >= 4 is 5.97 Å². The highest BCUT2D eigenvalue weighted by Gasteiger charge is 2.14. The van der Waals surface area contributed by atoms with E-state index in [1.807, 2.05) is 0 Å². The number of hydrogen-bond acceptors (Lipinski definition) is 4. The zero-order valence-corrected chi connectivity index (χ0v) is 9.57. The molecule has 0 saturated carbocycles. The average Bonchev–Trinajstić information content (AvgIpc) is 2.20. The Labute approximate surface area is 91.0 Å². The highest BCUT2D eigenvalue weighted by Crippen LogP contribution is 1.97. The molecule has 1 saturated heterocycles. The molecule has 1 atom stereocenters. The first-order valence-corrected chi connectivity index (χ1v) is 5.46. The minimum Gasteiger partial charge on any atom is -0.480 e. The summed E-state index contributed by atoms with van der Waals surface area (Å²) in [6.07, 6.45) is 0. The Morgan fingerprint density at radius 3 is 2.53 bits per heavy atom. The minimum atomic E-state index is -0.784. The Morgan fingerprint density at radius 1 is 1.40 bits per heavy atom. The molecule has 1 aliphatic rings. The number of rotatable bonds is 5. The van der Waals surface area contributed by atoms with E-state index in [-0.39, 0.29) is 0 Å². The third kappa shape index (κ3) is 4.59. The Kier molecular flexibility index (Phi) is 5.01. The number of carboxylic acid groups (broad SMARTS) is 1. The minimum absolute atomic E-state index is 0.447. The van der Waals surface area contributed by atoms with Gasteiger partial charge in [-0.3, -0.25) is 9.69 Å². The van der Waals surface area contributed by atoms with Gasteiger partial charge in [0.1, 0.15) is 6.04 Å². The summed E-state index contributed by atoms with van der Waals surface area (Å²) >= 11 is 0. The van der Waals surface area contributed by atoms with Crippen molar-refractivity contribution in [2.24, 2.45) is 0 Å². The number of hydrogen-bond donors (Lipinski definition) is 2. The highest BCUT2D eigenvalue weighted by molar-refractivity contribution is 5.72. The zero-order valence-electron chi connectivity index (χ0n) is 9.57. The van der Waals surface area contributed by atoms with Crippen LogP contribution in [0.3, 0.4) is 0 Å². The Bertz CT molecular complexity index is 203. The maximum Gasteiger partial charge on any atom is 0.320 e. The van der Waals surface area contributed by atoms with E-state index >= 15 is 0 Å². The van der Waals surface area contributed by atoms with Crippen LogP contribution < -0.4 is 5.32 Å². The predicted molar refractivity (Wildman–Crippen MR) is 59.0 cm³/mol. The van der Waals surface area contributed by atoms with E-state index in [1.165, 1.54) is 0 Å². The lowest BCUT2D eigenvalue weighted by Crippen LogP contribution is -2.47. The van der Waals surface area contributed by atoms with E-state index in [2.05, 4.69) is 22.2 Å². The summed E-state index contributed by atoms with van der Waals surface area (Å²) in [5, 5.41) is 11.7. The summed E-state index contributed by atoms with van der Waals surface area (Å²) < 4.78 is 0. The van der Waals surface area contributed by atoms with Crippen molar-refractivity contribution in [2.45, 2.75) is 13.0 Å². The van der Waals surface area contributed by atoms with Gasteiger partial charge in [-0.25, -0.2) is 0 Å². The lowest BCUT2D eigenvalue weighted by atomic mass is 10.3. The molecule has 0 aromatic rings. The molecule has 1 aliphatic heterocycles. The number of aliphatic carboxylic acids is 1. The van der Waals surface area contributed by atoms with Crippen LogP contribution in [0.15, 0.2) is 0 Å². The molecule has 0 aliphatic carbocycles. The van der Waals surface area contributed by atoms with E-state index in [9.17, 15) is 4.79 Å². The van der Waals surface area contributed by atoms with Gasteiger partial charge in [0.05, 0.1) is 0 Å². The van der Waals surface area contributed by atoms with Crippen LogP contribution in [0.25, 0.3) is 0 Å². The maximum atomic E-state index is 10.5. The molecule has 15 heavy (non-hydrogen) atoms. The van der Waals surface area contributed by atoms with Crippen molar-refractivity contribution in [1.82, 2.24) is 15.1 Å². The molecule has 1 heterocycles. The van der Waals surface area contributed by atoms with Gasteiger partial charge >= 0.3 is 5.97 Å². The monoisotopic (exact) mass is 215 g/mol. The second-order valence-electron chi connectivity index (χ2n) is 4.16. The number of nitrogens with zero attached hydrogens (tertiary/aromatic N) is 2. The molecule has 88 valence electrons. The number of carbonyl (C=O) groups is 1. The molecule has 0 aromatic heterocycles. The average molecular weight is 215 g/mol. The largest absolute Gasteiger partial charge is 0.480 e. The molecule has 0 amide bonds. The van der Waals surface area contributed by atoms with Crippen LogP contribution in [0.4, 0.5) is 0 Å². The molecule has 0 bridgehead atoms. The first kappa shape index (κ1) is 12.4. The maximum absolute atomic E-state index is 10.5. The normalized spacial score (nSPS) is 21.5. The standard InChI is InChI=1S/C10H21N3O2/c1-9(10(14)15)11-3-4-13-7-5-12(2)6-8-13/h9,11H,3-8H2,1-2H3,(H,14,15)/t9-/m1/s1. The van der Waals surface area contributed by atoms with Gasteiger partial charge in [-0.1, -0.05) is 0 Å². The lowest BCUT2D eigenvalue weighted by Gasteiger charge is -2.32. The molecule has 2 N–H and O–H groups in total. The number of carboxylic acids is 1. The first-order valence-electron chi connectivity index (χ1n) is 5.46. The summed E-state index contributed by atoms with van der Waals surface area (Å²) in [7, 11) is 2.13. The van der Waals surface area contributed by atoms with Crippen molar-refractivity contribution in [3.05, 3.63) is 0 Å². The summed E-state index contributed by atoms with van der Waals surface area (Å²) in [6, 6.07) is -0.447. The van der Waals surface area contributed by atoms with Crippen molar-refractivity contribution in [3.8, 4) is 0 Å². The Balaban J connectivity index is 2.07. The summed E-state index contributed by atoms with van der Waals surface area (Å²) in [6.45, 7) is 7.73. The van der Waals surface area contributed by atoms with Gasteiger partial charge in [0.15, 0.2) is 0 Å². The van der Waals surface area contributed by atoms with Gasteiger partial charge in [0.2, 0.25) is 0 Å². The second kappa shape index (κ2) is 6.05. The van der Waals surface area contributed by atoms with E-state index in [1.54, 1.807) is 6.92 Å². The van der Waals surface area contributed by atoms with Crippen LogP contribution in [0.1, 0.15) is 6.92 Å². The molecule has 0 aromatic carbocycles. The van der Waals surface area contributed by atoms with Gasteiger partial charge in [-0.2, -0.15) is 0 Å². The van der Waals surface area contributed by atoms with Gasteiger partial charge in [-0.15, -0.1) is 0 Å². The smallest absolute Gasteiger partial charge is 0.320 e. The van der Waals surface area contributed by atoms with Crippen LogP contribution in [0.5, 0.6) is 0 Å². The lowest BCUT2D eigenvalue weighted by molar-refractivity contribution is -0.139. The van der Waals surface area contributed by atoms with Gasteiger partial charge in [0, 0.05) is 39.3 Å². The molecular formula is C10H21N3O2. The van der Waals surface area contributed by atoms with Crippen LogP contribution in [-0.2, 0) is 4.79 Å². The number of likely N-dealkylation sites (N-methyl/N-ethyl adjacent to an activating group) is 1. The zero-order chi connectivity index (χ0) is 11.3. The van der Waals surface area contributed by atoms with Crippen LogP contribution in [0.2, 0.25) is 0 Å².